The van der Waals surface area contributed by atoms with Crippen molar-refractivity contribution in [3.63, 3.8) is 0 Å². The Labute approximate surface area is 145 Å². The number of nitrogens with one attached hydrogen (secondary N) is 2. The van der Waals surface area contributed by atoms with Crippen molar-refractivity contribution >= 4 is 29.9 Å². The van der Waals surface area contributed by atoms with E-state index < -0.39 is 6.61 Å². The van der Waals surface area contributed by atoms with Crippen LogP contribution in [-0.4, -0.2) is 32.3 Å². The van der Waals surface area contributed by atoms with E-state index in [9.17, 15) is 8.78 Å². The van der Waals surface area contributed by atoms with Gasteiger partial charge in [0.1, 0.15) is 0 Å². The van der Waals surface area contributed by atoms with E-state index >= 15 is 0 Å². The van der Waals surface area contributed by atoms with Crippen LogP contribution in [0.25, 0.3) is 0 Å². The molecule has 0 atom stereocenters. The number of ether oxygens (including phenoxy) is 2. The highest BCUT2D eigenvalue weighted by Crippen LogP contribution is 2.32. The summed E-state index contributed by atoms with van der Waals surface area (Å²) in [5, 5.41) is 6.19. The molecule has 1 aliphatic rings. The Morgan fingerprint density at radius 3 is 2.86 bits per heavy atom. The molecule has 2 N–H and O–H groups in total. The summed E-state index contributed by atoms with van der Waals surface area (Å²) in [5.74, 6) is 1.06. The number of rotatable bonds is 6. The molecule has 0 aromatic heterocycles. The second-order valence-electron chi connectivity index (χ2n) is 4.42. The molecule has 22 heavy (non-hydrogen) atoms. The van der Waals surface area contributed by atoms with Crippen LogP contribution in [0.5, 0.6) is 11.5 Å². The van der Waals surface area contributed by atoms with Crippen LogP contribution >= 0.6 is 24.0 Å². The van der Waals surface area contributed by atoms with Gasteiger partial charge in [0.2, 0.25) is 0 Å². The third-order valence-electron chi connectivity index (χ3n) is 2.91. The first-order valence-electron chi connectivity index (χ1n) is 6.92. The number of nitrogens with zero attached hydrogens (tertiary/aromatic N) is 1. The molecule has 0 saturated heterocycles. The zero-order chi connectivity index (χ0) is 15.1. The average Bonchev–Trinajstić information content (AvgIpc) is 2.48. The van der Waals surface area contributed by atoms with Gasteiger partial charge in [0.15, 0.2) is 17.5 Å². The first kappa shape index (κ1) is 18.7. The van der Waals surface area contributed by atoms with Crippen LogP contribution < -0.4 is 20.1 Å². The van der Waals surface area contributed by atoms with Crippen molar-refractivity contribution in [3.05, 3.63) is 23.8 Å². The minimum atomic E-state index is -2.89. The zero-order valence-corrected chi connectivity index (χ0v) is 14.6. The highest BCUT2D eigenvalue weighted by Gasteiger charge is 2.16. The number of alkyl halides is 2. The number of halogens is 3. The van der Waals surface area contributed by atoms with Crippen LogP contribution in [0.1, 0.15) is 18.9 Å². The van der Waals surface area contributed by atoms with E-state index in [4.69, 9.17) is 4.74 Å². The summed E-state index contributed by atoms with van der Waals surface area (Å²) in [4.78, 5) is 4.27. The van der Waals surface area contributed by atoms with Gasteiger partial charge < -0.3 is 20.1 Å². The highest BCUT2D eigenvalue weighted by atomic mass is 127. The van der Waals surface area contributed by atoms with Gasteiger partial charge in [-0.05, 0) is 19.4 Å². The third-order valence-corrected chi connectivity index (χ3v) is 2.91. The maximum atomic E-state index is 12.6. The highest BCUT2D eigenvalue weighted by molar-refractivity contribution is 14.0. The molecule has 1 aromatic rings. The van der Waals surface area contributed by atoms with Gasteiger partial charge in [-0.15, -0.1) is 24.0 Å². The third kappa shape index (κ3) is 5.47. The molecule has 0 amide bonds. The topological polar surface area (TPSA) is 54.9 Å². The molecule has 8 heteroatoms. The first-order chi connectivity index (χ1) is 10.2. The fourth-order valence-electron chi connectivity index (χ4n) is 2.02. The van der Waals surface area contributed by atoms with Crippen LogP contribution in [0.4, 0.5) is 8.78 Å². The molecule has 1 heterocycles. The summed E-state index contributed by atoms with van der Waals surface area (Å²) in [6.07, 6.45) is 0.991. The maximum Gasteiger partial charge on any atom is 0.387 e. The van der Waals surface area contributed by atoms with E-state index in [1.165, 1.54) is 0 Å². The van der Waals surface area contributed by atoms with Gasteiger partial charge in [-0.3, -0.25) is 4.99 Å². The Hall–Kier alpha value is -1.32. The lowest BCUT2D eigenvalue weighted by Gasteiger charge is -2.18. The van der Waals surface area contributed by atoms with E-state index in [1.807, 2.05) is 0 Å². The maximum absolute atomic E-state index is 12.6. The van der Waals surface area contributed by atoms with Crippen molar-refractivity contribution < 1.29 is 18.3 Å². The summed E-state index contributed by atoms with van der Waals surface area (Å²) in [5.41, 5.74) is 0.594. The van der Waals surface area contributed by atoms with Gasteiger partial charge in [-0.1, -0.05) is 12.1 Å². The summed E-state index contributed by atoms with van der Waals surface area (Å²) < 4.78 is 35.1. The predicted octanol–water partition coefficient (Wildman–Crippen LogP) is 2.74. The normalized spacial score (nSPS) is 13.7. The number of para-hydroxylation sites is 1. The molecule has 0 aliphatic carbocycles. The lowest BCUT2D eigenvalue weighted by Crippen LogP contribution is -2.40. The molecule has 2 rings (SSSR count). The number of hydrogen-bond acceptors (Lipinski definition) is 5. The van der Waals surface area contributed by atoms with E-state index in [-0.39, 0.29) is 29.7 Å². The molecule has 124 valence electrons. The quantitative estimate of drug-likeness (QED) is 0.686. The molecule has 0 unspecified atom stereocenters. The summed E-state index contributed by atoms with van der Waals surface area (Å²) in [6.45, 7) is 1.22. The number of guanidine groups is 1. The molecule has 5 nitrogen and oxygen atoms in total. The van der Waals surface area contributed by atoms with E-state index in [0.29, 0.717) is 30.4 Å². The van der Waals surface area contributed by atoms with Gasteiger partial charge in [-0.2, -0.15) is 8.78 Å². The predicted molar refractivity (Wildman–Crippen MR) is 91.4 cm³/mol. The van der Waals surface area contributed by atoms with E-state index in [2.05, 4.69) is 20.4 Å². The first-order valence-corrected chi connectivity index (χ1v) is 6.92. The van der Waals surface area contributed by atoms with Crippen LogP contribution in [-0.2, 0) is 6.54 Å². The van der Waals surface area contributed by atoms with Crippen LogP contribution in [0.3, 0.4) is 0 Å². The molecular formula is C14H20F2IN3O2. The number of hydrogen-bond donors (Lipinski definition) is 2. The Morgan fingerprint density at radius 1 is 1.41 bits per heavy atom. The lowest BCUT2D eigenvalue weighted by molar-refractivity contribution is -0.0520. The lowest BCUT2D eigenvalue weighted by atomic mass is 10.2. The minimum absolute atomic E-state index is 0. The molecule has 0 radical (unpaired) electrons. The van der Waals surface area contributed by atoms with Crippen LogP contribution in [0.2, 0.25) is 0 Å². The Balaban J connectivity index is 0.00000242. The Bertz CT molecular complexity index is 501. The monoisotopic (exact) mass is 427 g/mol. The number of benzene rings is 1. The SMILES string of the molecule is CCOc1cccc(CNC2=NCCCN2)c1OC(F)F.I. The van der Waals surface area contributed by atoms with Crippen molar-refractivity contribution in [3.8, 4) is 11.5 Å². The van der Waals surface area contributed by atoms with Gasteiger partial charge >= 0.3 is 6.61 Å². The Morgan fingerprint density at radius 2 is 2.23 bits per heavy atom. The molecule has 0 saturated carbocycles. The minimum Gasteiger partial charge on any atom is -0.490 e. The Kier molecular flexibility index (Phi) is 8.21. The van der Waals surface area contributed by atoms with Crippen molar-refractivity contribution in [2.45, 2.75) is 26.5 Å². The van der Waals surface area contributed by atoms with E-state index in [0.717, 1.165) is 19.5 Å². The van der Waals surface area contributed by atoms with Crippen molar-refractivity contribution in [1.29, 1.82) is 0 Å². The standard InChI is InChI=1S/C14H19F2N3O2.HI/c1-2-20-11-6-3-5-10(12(11)21-13(15)16)9-19-14-17-7-4-8-18-14;/h3,5-6,13H,2,4,7-9H2,1H3,(H2,17,18,19);1H. The van der Waals surface area contributed by atoms with Gasteiger partial charge in [-0.25, -0.2) is 0 Å². The van der Waals surface area contributed by atoms with Crippen LogP contribution in [0.15, 0.2) is 23.2 Å². The fourth-order valence-corrected chi connectivity index (χ4v) is 2.02. The summed E-state index contributed by atoms with van der Waals surface area (Å²) in [7, 11) is 0. The van der Waals surface area contributed by atoms with Crippen LogP contribution in [0, 0.1) is 0 Å². The molecule has 1 aliphatic heterocycles. The van der Waals surface area contributed by atoms with Gasteiger partial charge in [0.25, 0.3) is 0 Å². The molecule has 0 bridgehead atoms. The second kappa shape index (κ2) is 9.65. The smallest absolute Gasteiger partial charge is 0.387 e. The van der Waals surface area contributed by atoms with Crippen molar-refractivity contribution in [2.75, 3.05) is 19.7 Å². The van der Waals surface area contributed by atoms with Crippen molar-refractivity contribution in [1.82, 2.24) is 10.6 Å². The second-order valence-corrected chi connectivity index (χ2v) is 4.42. The molecule has 0 fully saturated rings. The average molecular weight is 427 g/mol. The largest absolute Gasteiger partial charge is 0.490 e. The summed E-state index contributed by atoms with van der Waals surface area (Å²) >= 11 is 0. The van der Waals surface area contributed by atoms with E-state index in [1.54, 1.807) is 25.1 Å². The molecular weight excluding hydrogens is 407 g/mol. The number of aliphatic imine (C=N–C) groups is 1. The van der Waals surface area contributed by atoms with Gasteiger partial charge in [0.05, 0.1) is 6.61 Å². The fraction of sp³-hybridized carbons (Fsp3) is 0.500. The van der Waals surface area contributed by atoms with Crippen molar-refractivity contribution in [2.24, 2.45) is 4.99 Å². The molecule has 1 aromatic carbocycles. The summed E-state index contributed by atoms with van der Waals surface area (Å²) in [6, 6.07) is 5.08. The molecule has 0 spiro atoms. The zero-order valence-electron chi connectivity index (χ0n) is 12.3. The van der Waals surface area contributed by atoms with Gasteiger partial charge in [0, 0.05) is 25.2 Å².